The monoisotopic (exact) mass is 324 g/mol. The molecule has 23 heavy (non-hydrogen) atoms. The van der Waals surface area contributed by atoms with Crippen LogP contribution < -0.4 is 9.84 Å². The Hall–Kier alpha value is -2.66. The van der Waals surface area contributed by atoms with Gasteiger partial charge in [0.05, 0.1) is 5.69 Å². The number of benzene rings is 2. The number of carbonyl (C=O) groups is 1. The first-order valence-corrected chi connectivity index (χ1v) is 8.00. The van der Waals surface area contributed by atoms with Gasteiger partial charge in [0.25, 0.3) is 0 Å². The molecule has 5 heteroatoms. The van der Waals surface area contributed by atoms with E-state index in [4.69, 9.17) is 4.74 Å². The molecule has 0 bridgehead atoms. The molecule has 0 saturated heterocycles. The number of carbonyl (C=O) groups excluding carboxylic acids is 1. The fourth-order valence-corrected chi connectivity index (χ4v) is 2.92. The number of carboxylic acids is 1. The number of rotatable bonds is 6. The lowest BCUT2D eigenvalue weighted by Gasteiger charge is -2.06. The number of ether oxygens (including phenoxy) is 1. The summed E-state index contributed by atoms with van der Waals surface area (Å²) in [6, 6.07) is 17.6. The second-order valence-electron chi connectivity index (χ2n) is 4.99. The highest BCUT2D eigenvalue weighted by atomic mass is 32.1. The first-order chi connectivity index (χ1) is 11.2. The number of hydrogen-bond donors (Lipinski definition) is 0. The number of aromatic nitrogens is 1. The molecule has 0 unspecified atom stereocenters. The summed E-state index contributed by atoms with van der Waals surface area (Å²) in [6.45, 7) is 0.498. The van der Waals surface area contributed by atoms with Crippen LogP contribution in [0.3, 0.4) is 0 Å². The average Bonchev–Trinajstić information content (AvgIpc) is 3.02. The van der Waals surface area contributed by atoms with Crippen molar-refractivity contribution in [2.45, 2.75) is 13.0 Å². The van der Waals surface area contributed by atoms with Crippen molar-refractivity contribution in [3.8, 4) is 16.3 Å². The Kier molecular flexibility index (Phi) is 4.68. The summed E-state index contributed by atoms with van der Waals surface area (Å²) >= 11 is 1.43. The second-order valence-corrected chi connectivity index (χ2v) is 5.85. The zero-order chi connectivity index (χ0) is 16.1. The second kappa shape index (κ2) is 7.07. The lowest BCUT2D eigenvalue weighted by atomic mass is 10.1. The SMILES string of the molecule is O=C([O-])Cc1csc(-c2ccc(COc3ccccc3)cc2)n1. The molecule has 0 aliphatic rings. The number of carboxylic acid groups (broad SMARTS) is 1. The van der Waals surface area contributed by atoms with Crippen LogP contribution in [0.2, 0.25) is 0 Å². The number of para-hydroxylation sites is 1. The van der Waals surface area contributed by atoms with Gasteiger partial charge in [-0.3, -0.25) is 0 Å². The molecule has 3 aromatic rings. The van der Waals surface area contributed by atoms with Crippen LogP contribution in [0, 0.1) is 0 Å². The van der Waals surface area contributed by atoms with E-state index in [0.29, 0.717) is 12.3 Å². The van der Waals surface area contributed by atoms with Crippen LogP contribution in [0.4, 0.5) is 0 Å². The predicted octanol–water partition coefficient (Wildman–Crippen LogP) is 2.68. The Morgan fingerprint density at radius 1 is 1.09 bits per heavy atom. The minimum atomic E-state index is -1.12. The Labute approximate surface area is 138 Å². The smallest absolute Gasteiger partial charge is 0.123 e. The van der Waals surface area contributed by atoms with E-state index in [1.54, 1.807) is 5.38 Å². The van der Waals surface area contributed by atoms with Crippen LogP contribution in [-0.2, 0) is 17.8 Å². The summed E-state index contributed by atoms with van der Waals surface area (Å²) in [5.74, 6) is -0.279. The van der Waals surface area contributed by atoms with E-state index in [0.717, 1.165) is 21.9 Å². The van der Waals surface area contributed by atoms with Gasteiger partial charge in [0.1, 0.15) is 17.4 Å². The van der Waals surface area contributed by atoms with Gasteiger partial charge >= 0.3 is 0 Å². The molecular weight excluding hydrogens is 310 g/mol. The molecule has 0 saturated carbocycles. The van der Waals surface area contributed by atoms with E-state index in [9.17, 15) is 9.90 Å². The molecule has 0 N–H and O–H groups in total. The number of thiazole rings is 1. The molecule has 0 atom stereocenters. The lowest BCUT2D eigenvalue weighted by Crippen LogP contribution is -2.24. The van der Waals surface area contributed by atoms with Crippen molar-refractivity contribution in [1.29, 1.82) is 0 Å². The third-order valence-corrected chi connectivity index (χ3v) is 4.17. The topological polar surface area (TPSA) is 62.2 Å². The largest absolute Gasteiger partial charge is 0.550 e. The van der Waals surface area contributed by atoms with E-state index in [-0.39, 0.29) is 6.42 Å². The Bertz CT molecular complexity index is 782. The van der Waals surface area contributed by atoms with Crippen LogP contribution in [0.15, 0.2) is 60.0 Å². The molecule has 4 nitrogen and oxygen atoms in total. The average molecular weight is 324 g/mol. The van der Waals surface area contributed by atoms with Crippen molar-refractivity contribution in [2.75, 3.05) is 0 Å². The van der Waals surface area contributed by atoms with Crippen LogP contribution in [0.5, 0.6) is 5.75 Å². The van der Waals surface area contributed by atoms with E-state index < -0.39 is 5.97 Å². The van der Waals surface area contributed by atoms with Crippen LogP contribution in [-0.4, -0.2) is 11.0 Å². The van der Waals surface area contributed by atoms with Gasteiger partial charge in [-0.1, -0.05) is 42.5 Å². The van der Waals surface area contributed by atoms with E-state index in [1.807, 2.05) is 54.6 Å². The molecule has 0 fully saturated rings. The fraction of sp³-hybridized carbons (Fsp3) is 0.111. The summed E-state index contributed by atoms with van der Waals surface area (Å²) in [5.41, 5.74) is 2.55. The van der Waals surface area contributed by atoms with Crippen molar-refractivity contribution in [3.63, 3.8) is 0 Å². The predicted molar refractivity (Wildman–Crippen MR) is 87.0 cm³/mol. The molecule has 0 aliphatic carbocycles. The fourth-order valence-electron chi connectivity index (χ4n) is 2.10. The summed E-state index contributed by atoms with van der Waals surface area (Å²) in [7, 11) is 0. The highest BCUT2D eigenvalue weighted by Crippen LogP contribution is 2.24. The van der Waals surface area contributed by atoms with Gasteiger partial charge in [0.2, 0.25) is 0 Å². The summed E-state index contributed by atoms with van der Waals surface area (Å²) in [6.07, 6.45) is -0.153. The van der Waals surface area contributed by atoms with Crippen LogP contribution in [0.1, 0.15) is 11.3 Å². The summed E-state index contributed by atoms with van der Waals surface area (Å²) in [4.78, 5) is 14.9. The number of hydrogen-bond acceptors (Lipinski definition) is 5. The summed E-state index contributed by atoms with van der Waals surface area (Å²) < 4.78 is 5.70. The van der Waals surface area contributed by atoms with Gasteiger partial charge in [0, 0.05) is 23.3 Å². The third-order valence-electron chi connectivity index (χ3n) is 3.23. The molecule has 116 valence electrons. The maximum absolute atomic E-state index is 10.6. The zero-order valence-electron chi connectivity index (χ0n) is 12.3. The van der Waals surface area contributed by atoms with Gasteiger partial charge in [-0.15, -0.1) is 11.3 Å². The maximum atomic E-state index is 10.6. The quantitative estimate of drug-likeness (QED) is 0.699. The van der Waals surface area contributed by atoms with E-state index in [1.165, 1.54) is 11.3 Å². The Balaban J connectivity index is 1.64. The molecule has 0 aliphatic heterocycles. The molecule has 1 heterocycles. The van der Waals surface area contributed by atoms with Crippen LogP contribution >= 0.6 is 11.3 Å². The Morgan fingerprint density at radius 2 is 1.83 bits per heavy atom. The molecule has 0 amide bonds. The minimum Gasteiger partial charge on any atom is -0.550 e. The van der Waals surface area contributed by atoms with Gasteiger partial charge in [-0.05, 0) is 17.7 Å². The summed E-state index contributed by atoms with van der Waals surface area (Å²) in [5, 5.41) is 13.1. The van der Waals surface area contributed by atoms with Crippen molar-refractivity contribution in [1.82, 2.24) is 4.98 Å². The standard InChI is InChI=1S/C18H15NO3S/c20-17(21)10-15-12-23-18(19-15)14-8-6-13(7-9-14)11-22-16-4-2-1-3-5-16/h1-9,12H,10-11H2,(H,20,21)/p-1. The molecule has 0 spiro atoms. The van der Waals surface area contributed by atoms with Gasteiger partial charge < -0.3 is 14.6 Å². The maximum Gasteiger partial charge on any atom is 0.123 e. The molecule has 3 rings (SSSR count). The normalized spacial score (nSPS) is 10.4. The van der Waals surface area contributed by atoms with Gasteiger partial charge in [-0.25, -0.2) is 4.98 Å². The van der Waals surface area contributed by atoms with Crippen molar-refractivity contribution < 1.29 is 14.6 Å². The lowest BCUT2D eigenvalue weighted by molar-refractivity contribution is -0.304. The first-order valence-electron chi connectivity index (χ1n) is 7.12. The van der Waals surface area contributed by atoms with Crippen molar-refractivity contribution in [3.05, 3.63) is 71.2 Å². The van der Waals surface area contributed by atoms with Gasteiger partial charge in [-0.2, -0.15) is 0 Å². The number of aliphatic carboxylic acids is 1. The third kappa shape index (κ3) is 4.17. The highest BCUT2D eigenvalue weighted by Gasteiger charge is 2.05. The molecule has 0 radical (unpaired) electrons. The zero-order valence-corrected chi connectivity index (χ0v) is 13.1. The van der Waals surface area contributed by atoms with Crippen LogP contribution in [0.25, 0.3) is 10.6 Å². The highest BCUT2D eigenvalue weighted by molar-refractivity contribution is 7.13. The first kappa shape index (κ1) is 15.2. The van der Waals surface area contributed by atoms with Crippen molar-refractivity contribution >= 4 is 17.3 Å². The molecular formula is C18H14NO3S-. The molecule has 1 aromatic heterocycles. The van der Waals surface area contributed by atoms with Gasteiger partial charge in [0.15, 0.2) is 0 Å². The number of nitrogens with zero attached hydrogens (tertiary/aromatic N) is 1. The molecule has 2 aromatic carbocycles. The Morgan fingerprint density at radius 3 is 2.52 bits per heavy atom. The van der Waals surface area contributed by atoms with E-state index >= 15 is 0 Å². The van der Waals surface area contributed by atoms with E-state index in [2.05, 4.69) is 4.98 Å². The van der Waals surface area contributed by atoms with Crippen molar-refractivity contribution in [2.24, 2.45) is 0 Å². The minimum absolute atomic E-state index is 0.153.